The zero-order valence-electron chi connectivity index (χ0n) is 14.9. The maximum atomic E-state index is 4.83. The summed E-state index contributed by atoms with van der Waals surface area (Å²) in [6.45, 7) is 7.31. The molecule has 2 aliphatic rings. The average Bonchev–Trinajstić information content (AvgIpc) is 3.41. The molecule has 2 aromatic rings. The van der Waals surface area contributed by atoms with Crippen molar-refractivity contribution in [3.63, 3.8) is 0 Å². The lowest BCUT2D eigenvalue weighted by Crippen LogP contribution is -2.46. The van der Waals surface area contributed by atoms with E-state index < -0.39 is 0 Å². The van der Waals surface area contributed by atoms with Crippen LogP contribution in [0.15, 0.2) is 16.6 Å². The van der Waals surface area contributed by atoms with Gasteiger partial charge in [-0.1, -0.05) is 18.7 Å². The van der Waals surface area contributed by atoms with Gasteiger partial charge in [0, 0.05) is 55.8 Å². The van der Waals surface area contributed by atoms with Gasteiger partial charge >= 0.3 is 0 Å². The van der Waals surface area contributed by atoms with E-state index in [-0.39, 0.29) is 0 Å². The summed E-state index contributed by atoms with van der Waals surface area (Å²) in [4.78, 5) is 19.0. The van der Waals surface area contributed by atoms with E-state index in [1.807, 2.05) is 17.6 Å². The van der Waals surface area contributed by atoms with Crippen LogP contribution in [0, 0.1) is 0 Å². The van der Waals surface area contributed by atoms with Crippen LogP contribution >= 0.6 is 23.1 Å². The van der Waals surface area contributed by atoms with Gasteiger partial charge < -0.3 is 4.90 Å². The molecule has 0 radical (unpaired) electrons. The molecule has 1 aliphatic carbocycles. The number of aromatic nitrogens is 3. The summed E-state index contributed by atoms with van der Waals surface area (Å²) >= 11 is 3.47. The second-order valence-corrected chi connectivity index (χ2v) is 8.44. The summed E-state index contributed by atoms with van der Waals surface area (Å²) < 4.78 is 0. The molecule has 0 spiro atoms. The maximum absolute atomic E-state index is 4.83. The molecule has 2 fully saturated rings. The monoisotopic (exact) mass is 375 g/mol. The van der Waals surface area contributed by atoms with Crippen molar-refractivity contribution in [2.24, 2.45) is 0 Å². The van der Waals surface area contributed by atoms with E-state index in [0.717, 1.165) is 61.7 Å². The number of hydrogen-bond acceptors (Lipinski definition) is 7. The summed E-state index contributed by atoms with van der Waals surface area (Å²) in [6.07, 6.45) is 5.67. The van der Waals surface area contributed by atoms with E-state index in [1.54, 1.807) is 11.8 Å². The molecule has 3 heterocycles. The molecule has 134 valence electrons. The summed E-state index contributed by atoms with van der Waals surface area (Å²) in [6, 6.07) is 2.15. The Kier molecular flexibility index (Phi) is 5.24. The van der Waals surface area contributed by atoms with Crippen LogP contribution in [-0.2, 0) is 13.0 Å². The number of thioether (sulfide) groups is 1. The first kappa shape index (κ1) is 17.2. The smallest absolute Gasteiger partial charge is 0.189 e. The largest absolute Gasteiger partial charge is 0.354 e. The number of hydrogen-bond donors (Lipinski definition) is 0. The number of piperazine rings is 1. The Morgan fingerprint density at radius 1 is 1.12 bits per heavy atom. The molecule has 0 N–H and O–H groups in total. The highest BCUT2D eigenvalue weighted by Crippen LogP contribution is 2.41. The fraction of sp³-hybridized carbons (Fsp3) is 0.611. The van der Waals surface area contributed by atoms with Gasteiger partial charge in [-0.2, -0.15) is 0 Å². The topological polar surface area (TPSA) is 45.2 Å². The van der Waals surface area contributed by atoms with Gasteiger partial charge in [0.25, 0.3) is 0 Å². The minimum atomic E-state index is 0.770. The number of thiazole rings is 1. The molecular weight excluding hydrogens is 350 g/mol. The quantitative estimate of drug-likeness (QED) is 0.569. The van der Waals surface area contributed by atoms with Gasteiger partial charge in [-0.05, 0) is 25.5 Å². The second kappa shape index (κ2) is 7.60. The highest BCUT2D eigenvalue weighted by Gasteiger charge is 2.27. The number of anilines is 1. The second-order valence-electron chi connectivity index (χ2n) is 6.77. The zero-order valence-corrected chi connectivity index (χ0v) is 16.6. The van der Waals surface area contributed by atoms with Crippen molar-refractivity contribution in [1.82, 2.24) is 19.9 Å². The summed E-state index contributed by atoms with van der Waals surface area (Å²) in [5.74, 6) is 1.85. The fourth-order valence-corrected chi connectivity index (χ4v) is 4.55. The van der Waals surface area contributed by atoms with Gasteiger partial charge in [-0.3, -0.25) is 4.90 Å². The van der Waals surface area contributed by atoms with E-state index in [4.69, 9.17) is 9.97 Å². The Balaban J connectivity index is 1.36. The highest BCUT2D eigenvalue weighted by molar-refractivity contribution is 7.98. The van der Waals surface area contributed by atoms with Crippen molar-refractivity contribution in [3.05, 3.63) is 27.8 Å². The first-order valence-electron chi connectivity index (χ1n) is 9.08. The lowest BCUT2D eigenvalue weighted by Gasteiger charge is -2.35. The lowest BCUT2D eigenvalue weighted by molar-refractivity contribution is 0.246. The van der Waals surface area contributed by atoms with Crippen LogP contribution in [0.1, 0.15) is 42.1 Å². The van der Waals surface area contributed by atoms with Gasteiger partial charge in [-0.15, -0.1) is 11.3 Å². The Bertz CT molecular complexity index is 698. The van der Waals surface area contributed by atoms with Gasteiger partial charge in [0.2, 0.25) is 0 Å². The van der Waals surface area contributed by atoms with E-state index in [0.29, 0.717) is 0 Å². The molecule has 1 saturated heterocycles. The van der Waals surface area contributed by atoms with Gasteiger partial charge in [0.1, 0.15) is 5.82 Å². The molecule has 5 nitrogen and oxygen atoms in total. The highest BCUT2D eigenvalue weighted by atomic mass is 32.2. The van der Waals surface area contributed by atoms with Crippen LogP contribution in [0.4, 0.5) is 5.82 Å². The van der Waals surface area contributed by atoms with Gasteiger partial charge in [-0.25, -0.2) is 15.0 Å². The molecule has 25 heavy (non-hydrogen) atoms. The van der Waals surface area contributed by atoms with E-state index in [2.05, 4.69) is 33.2 Å². The van der Waals surface area contributed by atoms with Crippen molar-refractivity contribution >= 4 is 28.9 Å². The minimum absolute atomic E-state index is 0.770. The molecule has 0 atom stereocenters. The van der Waals surface area contributed by atoms with Crippen molar-refractivity contribution in [2.45, 2.75) is 43.8 Å². The Labute approximate surface area is 157 Å². The molecule has 0 bridgehead atoms. The third-order valence-electron chi connectivity index (χ3n) is 4.87. The first-order chi connectivity index (χ1) is 12.2. The summed E-state index contributed by atoms with van der Waals surface area (Å²) in [7, 11) is 0. The number of rotatable bonds is 6. The maximum Gasteiger partial charge on any atom is 0.189 e. The first-order valence-corrected chi connectivity index (χ1v) is 11.2. The third kappa shape index (κ3) is 4.15. The lowest BCUT2D eigenvalue weighted by atomic mass is 10.2. The van der Waals surface area contributed by atoms with Crippen LogP contribution in [0.3, 0.4) is 0 Å². The molecular formula is C18H25N5S2. The van der Waals surface area contributed by atoms with Crippen LogP contribution in [0.2, 0.25) is 0 Å². The summed E-state index contributed by atoms with van der Waals surface area (Å²) in [5.41, 5.74) is 2.38. The number of nitrogens with zero attached hydrogens (tertiary/aromatic N) is 5. The molecule has 2 aromatic heterocycles. The van der Waals surface area contributed by atoms with Crippen LogP contribution in [-0.4, -0.2) is 52.3 Å². The minimum Gasteiger partial charge on any atom is -0.354 e. The van der Waals surface area contributed by atoms with E-state index in [9.17, 15) is 0 Å². The zero-order chi connectivity index (χ0) is 17.2. The third-order valence-corrected chi connectivity index (χ3v) is 6.47. The Morgan fingerprint density at radius 3 is 2.60 bits per heavy atom. The van der Waals surface area contributed by atoms with Gasteiger partial charge in [0.05, 0.1) is 10.7 Å². The molecule has 0 unspecified atom stereocenters. The number of aryl methyl sites for hydroxylation is 1. The van der Waals surface area contributed by atoms with E-state index >= 15 is 0 Å². The SMILES string of the molecule is CCc1cc(N2CCN(Cc3csc(C4CC4)n3)CC2)nc(SC)n1. The average molecular weight is 376 g/mol. The Morgan fingerprint density at radius 2 is 1.92 bits per heavy atom. The fourth-order valence-electron chi connectivity index (χ4n) is 3.17. The van der Waals surface area contributed by atoms with Crippen molar-refractivity contribution in [3.8, 4) is 0 Å². The molecule has 1 aliphatic heterocycles. The predicted molar refractivity (Wildman–Crippen MR) is 105 cm³/mol. The van der Waals surface area contributed by atoms with Crippen LogP contribution in [0.5, 0.6) is 0 Å². The molecule has 0 amide bonds. The van der Waals surface area contributed by atoms with Crippen molar-refractivity contribution in [1.29, 1.82) is 0 Å². The molecule has 7 heteroatoms. The summed E-state index contributed by atoms with van der Waals surface area (Å²) in [5, 5.41) is 4.49. The molecule has 0 aromatic carbocycles. The van der Waals surface area contributed by atoms with E-state index in [1.165, 1.54) is 23.5 Å². The standard InChI is InChI=1S/C18H25N5S2/c1-3-14-10-16(21-18(20-14)24-2)23-8-6-22(7-9-23)11-15-12-25-17(19-15)13-4-5-13/h10,12-13H,3-9,11H2,1-2H3. The van der Waals surface area contributed by atoms with Gasteiger partial charge in [0.15, 0.2) is 5.16 Å². The van der Waals surface area contributed by atoms with Crippen molar-refractivity contribution < 1.29 is 0 Å². The van der Waals surface area contributed by atoms with Crippen molar-refractivity contribution in [2.75, 3.05) is 37.3 Å². The normalized spacial score (nSPS) is 18.7. The van der Waals surface area contributed by atoms with Crippen LogP contribution < -0.4 is 4.90 Å². The molecule has 1 saturated carbocycles. The van der Waals surface area contributed by atoms with Crippen LogP contribution in [0.25, 0.3) is 0 Å². The Hall–Kier alpha value is -1.18. The molecule has 4 rings (SSSR count). The predicted octanol–water partition coefficient (Wildman–Crippen LogP) is 3.42.